The molecule has 1 fully saturated rings. The smallest absolute Gasteiger partial charge is 0.371 e. The second-order valence-corrected chi connectivity index (χ2v) is 7.63. The van der Waals surface area contributed by atoms with Crippen LogP contribution in [-0.4, -0.2) is 60.6 Å². The van der Waals surface area contributed by atoms with Gasteiger partial charge in [0, 0.05) is 5.92 Å². The van der Waals surface area contributed by atoms with Crippen molar-refractivity contribution in [1.29, 1.82) is 0 Å². The van der Waals surface area contributed by atoms with Crippen molar-refractivity contribution in [1.82, 2.24) is 0 Å². The molecule has 0 aromatic heterocycles. The highest BCUT2D eigenvalue weighted by Gasteiger charge is 2.93. The first-order valence-corrected chi connectivity index (χ1v) is 8.72. The third kappa shape index (κ3) is 3.75. The summed E-state index contributed by atoms with van der Waals surface area (Å²) in [6.07, 6.45) is -3.92. The molecule has 0 aromatic rings. The molecular formula is C16H12F16O. The van der Waals surface area contributed by atoms with Crippen LogP contribution in [0.15, 0.2) is 12.2 Å². The van der Waals surface area contributed by atoms with E-state index >= 15 is 0 Å². The Morgan fingerprint density at radius 1 is 0.636 bits per heavy atom. The number of alkyl halides is 16. The summed E-state index contributed by atoms with van der Waals surface area (Å²) in [4.78, 5) is 0. The standard InChI is InChI=1S/C16H12F16O/c17-9(18)11(21,22)13(25,26)15(29,30)16(31,32)14(27,28)12(23,24)10(19,20)5-33-8-4-6-1-2-7(8)3-6/h1-2,6-9H,3-5H2. The maximum absolute atomic E-state index is 13.8. The number of halogens is 16. The topological polar surface area (TPSA) is 9.23 Å². The quantitative estimate of drug-likeness (QED) is 0.229. The fourth-order valence-corrected chi connectivity index (χ4v) is 3.39. The maximum atomic E-state index is 13.8. The van der Waals surface area contributed by atoms with Crippen LogP contribution in [0, 0.1) is 11.8 Å². The minimum Gasteiger partial charge on any atom is -0.371 e. The molecule has 1 saturated carbocycles. The van der Waals surface area contributed by atoms with Crippen LogP contribution in [-0.2, 0) is 4.74 Å². The van der Waals surface area contributed by atoms with Crippen LogP contribution in [0.1, 0.15) is 12.8 Å². The van der Waals surface area contributed by atoms with E-state index in [9.17, 15) is 70.2 Å². The highest BCUT2D eigenvalue weighted by molar-refractivity contribution is 5.15. The number of fused-ring (bicyclic) bond motifs is 2. The van der Waals surface area contributed by atoms with Crippen LogP contribution in [0.4, 0.5) is 70.2 Å². The van der Waals surface area contributed by atoms with E-state index < -0.39 is 66.5 Å². The monoisotopic (exact) mass is 524 g/mol. The lowest BCUT2D eigenvalue weighted by molar-refractivity contribution is -0.448. The lowest BCUT2D eigenvalue weighted by Gasteiger charge is -2.42. The molecule has 2 aliphatic rings. The Kier molecular flexibility index (Phi) is 6.57. The summed E-state index contributed by atoms with van der Waals surface area (Å²) >= 11 is 0. The van der Waals surface area contributed by atoms with Crippen LogP contribution < -0.4 is 0 Å². The van der Waals surface area contributed by atoms with Crippen LogP contribution >= 0.6 is 0 Å². The van der Waals surface area contributed by atoms with Gasteiger partial charge in [-0.3, -0.25) is 0 Å². The highest BCUT2D eigenvalue weighted by Crippen LogP contribution is 2.62. The summed E-state index contributed by atoms with van der Waals surface area (Å²) in [6.45, 7) is -2.76. The van der Waals surface area contributed by atoms with Gasteiger partial charge in [-0.15, -0.1) is 0 Å². The van der Waals surface area contributed by atoms with Gasteiger partial charge in [0.2, 0.25) is 0 Å². The average Bonchev–Trinajstić information content (AvgIpc) is 3.28. The van der Waals surface area contributed by atoms with E-state index in [1.54, 1.807) is 6.08 Å². The van der Waals surface area contributed by atoms with Crippen molar-refractivity contribution in [3.05, 3.63) is 12.2 Å². The van der Waals surface area contributed by atoms with Crippen molar-refractivity contribution in [3.8, 4) is 0 Å². The average molecular weight is 524 g/mol. The zero-order valence-corrected chi connectivity index (χ0v) is 15.5. The third-order valence-electron chi connectivity index (χ3n) is 5.43. The summed E-state index contributed by atoms with van der Waals surface area (Å²) in [6, 6.07) is 0. The van der Waals surface area contributed by atoms with E-state index in [1.165, 1.54) is 6.08 Å². The lowest BCUT2D eigenvalue weighted by atomic mass is 9.89. The van der Waals surface area contributed by atoms with Gasteiger partial charge in [-0.05, 0) is 18.8 Å². The van der Waals surface area contributed by atoms with Crippen molar-refractivity contribution in [2.75, 3.05) is 6.61 Å². The molecule has 194 valence electrons. The Morgan fingerprint density at radius 2 is 1.09 bits per heavy atom. The van der Waals surface area contributed by atoms with Gasteiger partial charge < -0.3 is 4.74 Å². The second-order valence-electron chi connectivity index (χ2n) is 7.63. The van der Waals surface area contributed by atoms with Gasteiger partial charge in [-0.25, -0.2) is 8.78 Å². The third-order valence-corrected chi connectivity index (χ3v) is 5.43. The predicted molar refractivity (Wildman–Crippen MR) is 75.7 cm³/mol. The summed E-state index contributed by atoms with van der Waals surface area (Å²) in [5.74, 6) is -55.3. The molecule has 0 radical (unpaired) electrons. The van der Waals surface area contributed by atoms with Crippen molar-refractivity contribution < 1.29 is 75.0 Å². The van der Waals surface area contributed by atoms with Crippen LogP contribution in [0.25, 0.3) is 0 Å². The Morgan fingerprint density at radius 3 is 1.48 bits per heavy atom. The molecule has 0 saturated heterocycles. The molecule has 2 rings (SSSR count). The molecule has 0 aliphatic heterocycles. The van der Waals surface area contributed by atoms with E-state index in [2.05, 4.69) is 4.74 Å². The fraction of sp³-hybridized carbons (Fsp3) is 0.875. The first-order chi connectivity index (χ1) is 14.5. The second kappa shape index (κ2) is 7.80. The molecule has 0 aromatic carbocycles. The van der Waals surface area contributed by atoms with E-state index in [4.69, 9.17) is 0 Å². The molecule has 0 spiro atoms. The lowest BCUT2D eigenvalue weighted by Crippen LogP contribution is -2.74. The predicted octanol–water partition coefficient (Wildman–Crippen LogP) is 6.68. The Hall–Kier alpha value is -1.42. The van der Waals surface area contributed by atoms with Crippen LogP contribution in [0.5, 0.6) is 0 Å². The number of allylic oxidation sites excluding steroid dienone is 1. The van der Waals surface area contributed by atoms with Gasteiger partial charge in [0.05, 0.1) is 6.10 Å². The van der Waals surface area contributed by atoms with E-state index in [-0.39, 0.29) is 12.3 Å². The van der Waals surface area contributed by atoms with E-state index in [0.29, 0.717) is 6.42 Å². The van der Waals surface area contributed by atoms with Gasteiger partial charge in [-0.1, -0.05) is 12.2 Å². The minimum atomic E-state index is -8.37. The normalized spacial score (nSPS) is 25.4. The molecular weight excluding hydrogens is 512 g/mol. The van der Waals surface area contributed by atoms with Gasteiger partial charge in [0.15, 0.2) is 0 Å². The van der Waals surface area contributed by atoms with E-state index in [0.717, 1.165) is 0 Å². The molecule has 17 heteroatoms. The van der Waals surface area contributed by atoms with Crippen molar-refractivity contribution in [3.63, 3.8) is 0 Å². The fourth-order valence-electron chi connectivity index (χ4n) is 3.39. The van der Waals surface area contributed by atoms with Gasteiger partial charge in [0.25, 0.3) is 0 Å². The number of hydrogen-bond donors (Lipinski definition) is 0. The zero-order valence-electron chi connectivity index (χ0n) is 15.5. The van der Waals surface area contributed by atoms with Crippen LogP contribution in [0.3, 0.4) is 0 Å². The molecule has 0 amide bonds. The summed E-state index contributed by atoms with van der Waals surface area (Å²) in [5.41, 5.74) is 0. The first-order valence-electron chi connectivity index (χ1n) is 8.72. The van der Waals surface area contributed by atoms with Crippen LogP contribution in [0.2, 0.25) is 0 Å². The Balaban J connectivity index is 2.35. The Labute approximate surface area is 173 Å². The van der Waals surface area contributed by atoms with E-state index in [1.807, 2.05) is 0 Å². The molecule has 0 heterocycles. The number of ether oxygens (including phenoxy) is 1. The summed E-state index contributed by atoms with van der Waals surface area (Å²) in [5, 5.41) is 0. The van der Waals surface area contributed by atoms with Gasteiger partial charge >= 0.3 is 47.9 Å². The zero-order chi connectivity index (χ0) is 26.1. The summed E-state index contributed by atoms with van der Waals surface area (Å²) < 4.78 is 216. The van der Waals surface area contributed by atoms with Crippen molar-refractivity contribution in [2.24, 2.45) is 11.8 Å². The Bertz CT molecular complexity index is 758. The molecule has 1 nitrogen and oxygen atoms in total. The molecule has 3 unspecified atom stereocenters. The molecule has 33 heavy (non-hydrogen) atoms. The molecule has 0 N–H and O–H groups in total. The molecule has 3 atom stereocenters. The maximum Gasteiger partial charge on any atom is 0.384 e. The highest BCUT2D eigenvalue weighted by atomic mass is 19.4. The van der Waals surface area contributed by atoms with Crippen molar-refractivity contribution >= 4 is 0 Å². The van der Waals surface area contributed by atoms with Gasteiger partial charge in [-0.2, -0.15) is 61.5 Å². The minimum absolute atomic E-state index is 0.0671. The molecule has 2 bridgehead atoms. The molecule has 2 aliphatic carbocycles. The number of rotatable bonds is 10. The summed E-state index contributed by atoms with van der Waals surface area (Å²) in [7, 11) is 0. The first kappa shape index (κ1) is 27.8. The largest absolute Gasteiger partial charge is 0.384 e. The van der Waals surface area contributed by atoms with Gasteiger partial charge in [0.1, 0.15) is 6.61 Å². The number of hydrogen-bond acceptors (Lipinski definition) is 1. The van der Waals surface area contributed by atoms with Crippen molar-refractivity contribution in [2.45, 2.75) is 66.8 Å². The SMILES string of the molecule is FC(F)C(F)(F)C(F)(F)C(F)(F)C(F)(F)C(F)(F)C(F)(F)C(F)(F)COC1CC2C=CC1C2.